The van der Waals surface area contributed by atoms with Gasteiger partial charge in [-0.3, -0.25) is 14.7 Å². The third-order valence-corrected chi connectivity index (χ3v) is 7.34. The summed E-state index contributed by atoms with van der Waals surface area (Å²) in [5, 5.41) is 7.36. The number of likely N-dealkylation sites (tertiary alicyclic amines) is 2. The first-order chi connectivity index (χ1) is 15.5. The van der Waals surface area contributed by atoms with Crippen LogP contribution in [-0.2, 0) is 16.2 Å². The number of hydrogen-bond acceptors (Lipinski definition) is 7. The molecule has 0 unspecified atom stereocenters. The Labute approximate surface area is 194 Å². The van der Waals surface area contributed by atoms with Crippen molar-refractivity contribution in [1.29, 1.82) is 0 Å². The summed E-state index contributed by atoms with van der Waals surface area (Å²) in [6.07, 6.45) is 5.58. The monoisotopic (exact) mass is 455 g/mol. The fraction of sp³-hybridized carbons (Fsp3) is 0.583. The number of piperidine rings is 2. The van der Waals surface area contributed by atoms with Crippen LogP contribution in [0.4, 0.5) is 0 Å². The Hall–Kier alpha value is -2.32. The van der Waals surface area contributed by atoms with Crippen molar-refractivity contribution in [2.45, 2.75) is 46.1 Å². The predicted octanol–water partition coefficient (Wildman–Crippen LogP) is 3.66. The molecule has 0 aliphatic carbocycles. The Kier molecular flexibility index (Phi) is 7.52. The van der Waals surface area contributed by atoms with E-state index in [2.05, 4.69) is 37.1 Å². The van der Waals surface area contributed by atoms with Crippen LogP contribution in [0.25, 0.3) is 0 Å². The Morgan fingerprint density at radius 1 is 1.16 bits per heavy atom. The first-order valence-electron chi connectivity index (χ1n) is 11.5. The molecule has 0 bridgehead atoms. The molecule has 0 atom stereocenters. The summed E-state index contributed by atoms with van der Waals surface area (Å²) < 4.78 is 0. The van der Waals surface area contributed by atoms with Gasteiger partial charge in [0.2, 0.25) is 5.91 Å². The molecule has 2 aliphatic rings. The summed E-state index contributed by atoms with van der Waals surface area (Å²) in [7, 11) is 1.58. The van der Waals surface area contributed by atoms with E-state index in [1.165, 1.54) is 5.56 Å². The molecule has 7 nitrogen and oxygen atoms in total. The lowest BCUT2D eigenvalue weighted by molar-refractivity contribution is -0.138. The van der Waals surface area contributed by atoms with E-state index >= 15 is 0 Å². The van der Waals surface area contributed by atoms with Crippen molar-refractivity contribution in [2.75, 3.05) is 33.3 Å². The largest absolute Gasteiger partial charge is 0.399 e. The van der Waals surface area contributed by atoms with Gasteiger partial charge in [-0.25, -0.2) is 4.98 Å². The highest BCUT2D eigenvalue weighted by atomic mass is 32.1. The average Bonchev–Trinajstić information content (AvgIpc) is 3.23. The van der Waals surface area contributed by atoms with E-state index in [-0.39, 0.29) is 11.8 Å². The van der Waals surface area contributed by atoms with Crippen molar-refractivity contribution in [3.05, 3.63) is 45.7 Å². The van der Waals surface area contributed by atoms with E-state index in [1.807, 2.05) is 25.4 Å². The maximum absolute atomic E-state index is 13.2. The summed E-state index contributed by atoms with van der Waals surface area (Å²) in [6.45, 7) is 8.48. The molecule has 2 fully saturated rings. The van der Waals surface area contributed by atoms with E-state index in [0.29, 0.717) is 5.91 Å². The molecule has 4 heterocycles. The molecule has 0 saturated carbocycles. The minimum absolute atomic E-state index is 0.148. The Morgan fingerprint density at radius 3 is 2.50 bits per heavy atom. The van der Waals surface area contributed by atoms with Gasteiger partial charge in [-0.2, -0.15) is 0 Å². The van der Waals surface area contributed by atoms with Gasteiger partial charge >= 0.3 is 0 Å². The standard InChI is InChI=1S/C24H33N5O2S/c1-17-14-19(4-9-25-17)15-28-10-5-21(6-11-28)24(30)29-12-7-20(8-13-29)23(27-31-3)22-16-32-18(2)26-22/h4,9,14,16,20-21H,5-8,10-13,15H2,1-3H3/b27-23-. The van der Waals surface area contributed by atoms with Gasteiger partial charge in [0.05, 0.1) is 10.7 Å². The number of oxime groups is 1. The molecule has 0 spiro atoms. The summed E-state index contributed by atoms with van der Waals surface area (Å²) >= 11 is 1.63. The van der Waals surface area contributed by atoms with E-state index in [0.717, 1.165) is 80.5 Å². The van der Waals surface area contributed by atoms with Crippen LogP contribution in [0.3, 0.4) is 0 Å². The predicted molar refractivity (Wildman–Crippen MR) is 127 cm³/mol. The van der Waals surface area contributed by atoms with Crippen LogP contribution >= 0.6 is 11.3 Å². The first kappa shape index (κ1) is 22.9. The van der Waals surface area contributed by atoms with Crippen LogP contribution in [0.1, 0.15) is 47.6 Å². The normalized spacial score (nSPS) is 19.3. The Balaban J connectivity index is 1.27. The zero-order valence-electron chi connectivity index (χ0n) is 19.3. The molecule has 0 aromatic carbocycles. The molecule has 2 saturated heterocycles. The van der Waals surface area contributed by atoms with Crippen LogP contribution in [0.15, 0.2) is 28.9 Å². The number of thiazole rings is 1. The number of rotatable bonds is 6. The smallest absolute Gasteiger partial charge is 0.225 e. The topological polar surface area (TPSA) is 70.9 Å². The van der Waals surface area contributed by atoms with Crippen LogP contribution < -0.4 is 0 Å². The molecular formula is C24H33N5O2S. The molecule has 0 N–H and O–H groups in total. The lowest BCUT2D eigenvalue weighted by Crippen LogP contribution is -2.46. The van der Waals surface area contributed by atoms with Crippen LogP contribution in [0.2, 0.25) is 0 Å². The number of aryl methyl sites for hydroxylation is 2. The van der Waals surface area contributed by atoms with E-state index in [4.69, 9.17) is 4.84 Å². The zero-order chi connectivity index (χ0) is 22.5. The maximum Gasteiger partial charge on any atom is 0.225 e. The van der Waals surface area contributed by atoms with Crippen molar-refractivity contribution in [2.24, 2.45) is 17.0 Å². The van der Waals surface area contributed by atoms with E-state index < -0.39 is 0 Å². The number of hydrogen-bond donors (Lipinski definition) is 0. The molecule has 32 heavy (non-hydrogen) atoms. The van der Waals surface area contributed by atoms with Crippen LogP contribution in [0, 0.1) is 25.7 Å². The lowest BCUT2D eigenvalue weighted by Gasteiger charge is -2.37. The Morgan fingerprint density at radius 2 is 1.88 bits per heavy atom. The van der Waals surface area contributed by atoms with Gasteiger partial charge in [0.15, 0.2) is 0 Å². The summed E-state index contributed by atoms with van der Waals surface area (Å²) in [5.74, 6) is 0.763. The molecular weight excluding hydrogens is 422 g/mol. The van der Waals surface area contributed by atoms with Gasteiger partial charge in [-0.1, -0.05) is 5.16 Å². The average molecular weight is 456 g/mol. The van der Waals surface area contributed by atoms with Crippen molar-refractivity contribution >= 4 is 23.0 Å². The molecule has 2 aromatic rings. The first-order valence-corrected chi connectivity index (χ1v) is 12.4. The number of carbonyl (C=O) groups is 1. The van der Waals surface area contributed by atoms with Gasteiger partial charge in [-0.05, 0) is 70.3 Å². The fourth-order valence-electron chi connectivity index (χ4n) is 4.84. The summed E-state index contributed by atoms with van der Waals surface area (Å²) in [5.41, 5.74) is 4.19. The van der Waals surface area contributed by atoms with E-state index in [9.17, 15) is 4.79 Å². The van der Waals surface area contributed by atoms with Gasteiger partial charge in [0.25, 0.3) is 0 Å². The molecule has 0 radical (unpaired) electrons. The van der Waals surface area contributed by atoms with Gasteiger partial charge in [-0.15, -0.1) is 11.3 Å². The van der Waals surface area contributed by atoms with Gasteiger partial charge < -0.3 is 9.74 Å². The number of aromatic nitrogens is 2. The third kappa shape index (κ3) is 5.53. The molecule has 2 aromatic heterocycles. The van der Waals surface area contributed by atoms with Gasteiger partial charge in [0, 0.05) is 48.7 Å². The molecule has 2 aliphatic heterocycles. The summed E-state index contributed by atoms with van der Waals surface area (Å²) in [4.78, 5) is 31.7. The lowest BCUT2D eigenvalue weighted by atomic mass is 9.88. The molecule has 1 amide bonds. The number of carbonyl (C=O) groups excluding carboxylic acids is 1. The highest BCUT2D eigenvalue weighted by Crippen LogP contribution is 2.27. The fourth-order valence-corrected chi connectivity index (χ4v) is 5.45. The van der Waals surface area contributed by atoms with Crippen molar-refractivity contribution in [1.82, 2.24) is 19.8 Å². The highest BCUT2D eigenvalue weighted by molar-refractivity contribution is 7.09. The van der Waals surface area contributed by atoms with E-state index in [1.54, 1.807) is 18.4 Å². The second-order valence-electron chi connectivity index (χ2n) is 8.87. The van der Waals surface area contributed by atoms with Crippen molar-refractivity contribution in [3.63, 3.8) is 0 Å². The maximum atomic E-state index is 13.2. The highest BCUT2D eigenvalue weighted by Gasteiger charge is 2.33. The molecule has 4 rings (SSSR count). The number of pyridine rings is 1. The molecule has 8 heteroatoms. The van der Waals surface area contributed by atoms with Crippen molar-refractivity contribution in [3.8, 4) is 0 Å². The SMILES string of the molecule is CO/N=C(\c1csc(C)n1)C1CCN(C(=O)C2CCN(Cc3ccnc(C)c3)CC2)CC1. The Bertz CT molecular complexity index is 943. The summed E-state index contributed by atoms with van der Waals surface area (Å²) in [6, 6.07) is 4.23. The minimum Gasteiger partial charge on any atom is -0.399 e. The number of amides is 1. The second-order valence-corrected chi connectivity index (χ2v) is 9.93. The van der Waals surface area contributed by atoms with Crippen LogP contribution in [0.5, 0.6) is 0 Å². The van der Waals surface area contributed by atoms with Crippen LogP contribution in [-0.4, -0.2) is 64.7 Å². The van der Waals surface area contributed by atoms with Gasteiger partial charge in [0.1, 0.15) is 12.8 Å². The minimum atomic E-state index is 0.148. The second kappa shape index (κ2) is 10.5. The van der Waals surface area contributed by atoms with Crippen molar-refractivity contribution < 1.29 is 9.63 Å². The third-order valence-electron chi connectivity index (χ3n) is 6.57. The zero-order valence-corrected chi connectivity index (χ0v) is 20.1. The quantitative estimate of drug-likeness (QED) is 0.491. The number of nitrogens with zero attached hydrogens (tertiary/aromatic N) is 5. The molecule has 172 valence electrons.